The molecule has 0 bridgehead atoms. The van der Waals surface area contributed by atoms with Crippen molar-refractivity contribution < 1.29 is 19.3 Å². The van der Waals surface area contributed by atoms with E-state index in [0.717, 1.165) is 22.4 Å². The number of ether oxygens (including phenoxy) is 3. The molecule has 110 valence electrons. The average Bonchev–Trinajstić information content (AvgIpc) is 2.93. The second-order valence-electron chi connectivity index (χ2n) is 5.16. The third kappa shape index (κ3) is 2.81. The molecule has 0 saturated heterocycles. The summed E-state index contributed by atoms with van der Waals surface area (Å²) in [6.45, 7) is 4.42. The molecule has 21 heavy (non-hydrogen) atoms. The molecule has 4 heteroatoms. The van der Waals surface area contributed by atoms with Gasteiger partial charge in [-0.2, -0.15) is 0 Å². The maximum Gasteiger partial charge on any atom is 0.231 e. The standard InChI is InChI=1S/C17H18O4/c1-11-4-3-5-12(2)17(11)19-9-14(18)13-6-7-15-16(8-13)21-10-20-15/h3-8,14,18H,9-10H2,1-2H3. The number of hydrogen-bond acceptors (Lipinski definition) is 4. The normalized spacial score (nSPS) is 14.0. The van der Waals surface area contributed by atoms with Crippen molar-refractivity contribution in [3.8, 4) is 17.2 Å². The van der Waals surface area contributed by atoms with E-state index in [4.69, 9.17) is 14.2 Å². The van der Waals surface area contributed by atoms with Crippen LogP contribution in [0.3, 0.4) is 0 Å². The molecule has 1 heterocycles. The molecule has 0 aliphatic carbocycles. The van der Waals surface area contributed by atoms with Gasteiger partial charge in [-0.3, -0.25) is 0 Å². The lowest BCUT2D eigenvalue weighted by Crippen LogP contribution is -2.10. The number of fused-ring (bicyclic) bond motifs is 1. The molecule has 0 spiro atoms. The molecule has 1 aliphatic heterocycles. The summed E-state index contributed by atoms with van der Waals surface area (Å²) in [5.74, 6) is 2.21. The predicted octanol–water partition coefficient (Wildman–Crippen LogP) is 3.14. The Hall–Kier alpha value is -2.20. The van der Waals surface area contributed by atoms with E-state index in [-0.39, 0.29) is 13.4 Å². The average molecular weight is 286 g/mol. The largest absolute Gasteiger partial charge is 0.490 e. The summed E-state index contributed by atoms with van der Waals surface area (Å²) < 4.78 is 16.4. The summed E-state index contributed by atoms with van der Waals surface area (Å²) in [4.78, 5) is 0. The molecule has 0 fully saturated rings. The second kappa shape index (κ2) is 5.66. The van der Waals surface area contributed by atoms with E-state index in [1.165, 1.54) is 0 Å². The lowest BCUT2D eigenvalue weighted by Gasteiger charge is -2.16. The predicted molar refractivity (Wildman–Crippen MR) is 78.9 cm³/mol. The van der Waals surface area contributed by atoms with Crippen LogP contribution in [0.4, 0.5) is 0 Å². The number of para-hydroxylation sites is 1. The molecular formula is C17H18O4. The van der Waals surface area contributed by atoms with Crippen molar-refractivity contribution in [3.05, 3.63) is 53.1 Å². The lowest BCUT2D eigenvalue weighted by atomic mass is 10.1. The quantitative estimate of drug-likeness (QED) is 0.938. The monoisotopic (exact) mass is 286 g/mol. The van der Waals surface area contributed by atoms with Crippen molar-refractivity contribution >= 4 is 0 Å². The van der Waals surface area contributed by atoms with Gasteiger partial charge in [0.25, 0.3) is 0 Å². The van der Waals surface area contributed by atoms with Crippen LogP contribution in [0, 0.1) is 13.8 Å². The van der Waals surface area contributed by atoms with Gasteiger partial charge in [0.05, 0.1) is 0 Å². The first-order chi connectivity index (χ1) is 10.1. The Bertz CT molecular complexity index is 631. The fourth-order valence-corrected chi connectivity index (χ4v) is 2.41. The minimum absolute atomic E-state index is 0.200. The molecule has 2 aromatic rings. The number of aliphatic hydroxyl groups is 1. The van der Waals surface area contributed by atoms with Gasteiger partial charge in [0.1, 0.15) is 18.5 Å². The Morgan fingerprint density at radius 1 is 1.10 bits per heavy atom. The highest BCUT2D eigenvalue weighted by molar-refractivity contribution is 5.45. The molecule has 1 atom stereocenters. The Morgan fingerprint density at radius 2 is 1.81 bits per heavy atom. The van der Waals surface area contributed by atoms with Crippen molar-refractivity contribution in [2.75, 3.05) is 13.4 Å². The summed E-state index contributed by atoms with van der Waals surface area (Å²) in [6, 6.07) is 11.4. The summed E-state index contributed by atoms with van der Waals surface area (Å²) in [7, 11) is 0. The summed E-state index contributed by atoms with van der Waals surface area (Å²) in [6.07, 6.45) is -0.710. The molecule has 1 N–H and O–H groups in total. The van der Waals surface area contributed by atoms with E-state index in [0.29, 0.717) is 11.5 Å². The number of aryl methyl sites for hydroxylation is 2. The molecule has 4 nitrogen and oxygen atoms in total. The van der Waals surface area contributed by atoms with Gasteiger partial charge in [0.2, 0.25) is 6.79 Å². The Morgan fingerprint density at radius 3 is 2.57 bits per heavy atom. The zero-order valence-electron chi connectivity index (χ0n) is 12.1. The Balaban J connectivity index is 1.70. The van der Waals surface area contributed by atoms with Gasteiger partial charge in [-0.05, 0) is 42.7 Å². The second-order valence-corrected chi connectivity index (χ2v) is 5.16. The van der Waals surface area contributed by atoms with Crippen molar-refractivity contribution in [2.24, 2.45) is 0 Å². The van der Waals surface area contributed by atoms with Crippen molar-refractivity contribution in [3.63, 3.8) is 0 Å². The molecule has 2 aromatic carbocycles. The van der Waals surface area contributed by atoms with Crippen LogP contribution in [0.15, 0.2) is 36.4 Å². The molecule has 0 amide bonds. The maximum absolute atomic E-state index is 10.3. The van der Waals surface area contributed by atoms with Crippen LogP contribution in [0.2, 0.25) is 0 Å². The summed E-state index contributed by atoms with van der Waals surface area (Å²) >= 11 is 0. The molecule has 0 saturated carbocycles. The molecule has 3 rings (SSSR count). The smallest absolute Gasteiger partial charge is 0.231 e. The Kier molecular flexibility index (Phi) is 3.71. The zero-order valence-corrected chi connectivity index (χ0v) is 12.1. The van der Waals surface area contributed by atoms with E-state index >= 15 is 0 Å². The highest BCUT2D eigenvalue weighted by Gasteiger charge is 2.17. The van der Waals surface area contributed by atoms with Gasteiger partial charge in [0, 0.05) is 0 Å². The first-order valence-corrected chi connectivity index (χ1v) is 6.92. The number of aliphatic hydroxyl groups excluding tert-OH is 1. The van der Waals surface area contributed by atoms with Crippen LogP contribution >= 0.6 is 0 Å². The highest BCUT2D eigenvalue weighted by Crippen LogP contribution is 2.34. The third-order valence-electron chi connectivity index (χ3n) is 3.58. The highest BCUT2D eigenvalue weighted by atomic mass is 16.7. The van der Waals surface area contributed by atoms with Gasteiger partial charge in [-0.1, -0.05) is 24.3 Å². The minimum atomic E-state index is -0.710. The van der Waals surface area contributed by atoms with E-state index in [2.05, 4.69) is 0 Å². The summed E-state index contributed by atoms with van der Waals surface area (Å²) in [5.41, 5.74) is 2.88. The van der Waals surface area contributed by atoms with Crippen molar-refractivity contribution in [1.82, 2.24) is 0 Å². The van der Waals surface area contributed by atoms with E-state index < -0.39 is 6.10 Å². The maximum atomic E-state index is 10.3. The van der Waals surface area contributed by atoms with Crippen LogP contribution in [-0.4, -0.2) is 18.5 Å². The lowest BCUT2D eigenvalue weighted by molar-refractivity contribution is 0.107. The zero-order chi connectivity index (χ0) is 14.8. The van der Waals surface area contributed by atoms with Gasteiger partial charge in [0.15, 0.2) is 11.5 Å². The van der Waals surface area contributed by atoms with Crippen molar-refractivity contribution in [1.29, 1.82) is 0 Å². The SMILES string of the molecule is Cc1cccc(C)c1OCC(O)c1ccc2c(c1)OCO2. The van der Waals surface area contributed by atoms with Gasteiger partial charge in [-0.15, -0.1) is 0 Å². The number of benzene rings is 2. The summed E-state index contributed by atoms with van der Waals surface area (Å²) in [5, 5.41) is 10.3. The van der Waals surface area contributed by atoms with Crippen LogP contribution < -0.4 is 14.2 Å². The number of hydrogen-bond donors (Lipinski definition) is 1. The minimum Gasteiger partial charge on any atom is -0.490 e. The molecule has 0 aromatic heterocycles. The van der Waals surface area contributed by atoms with Gasteiger partial charge >= 0.3 is 0 Å². The molecule has 1 unspecified atom stereocenters. The van der Waals surface area contributed by atoms with Gasteiger partial charge < -0.3 is 19.3 Å². The van der Waals surface area contributed by atoms with E-state index in [9.17, 15) is 5.11 Å². The molecule has 0 radical (unpaired) electrons. The molecule has 1 aliphatic rings. The van der Waals surface area contributed by atoms with Gasteiger partial charge in [-0.25, -0.2) is 0 Å². The van der Waals surface area contributed by atoms with Crippen LogP contribution in [-0.2, 0) is 0 Å². The first kappa shape index (κ1) is 13.8. The van der Waals surface area contributed by atoms with Crippen LogP contribution in [0.1, 0.15) is 22.8 Å². The third-order valence-corrected chi connectivity index (χ3v) is 3.58. The van der Waals surface area contributed by atoms with E-state index in [1.807, 2.05) is 38.1 Å². The topological polar surface area (TPSA) is 47.9 Å². The Labute approximate surface area is 123 Å². The fourth-order valence-electron chi connectivity index (χ4n) is 2.41. The van der Waals surface area contributed by atoms with Crippen LogP contribution in [0.5, 0.6) is 17.2 Å². The van der Waals surface area contributed by atoms with Crippen LogP contribution in [0.25, 0.3) is 0 Å². The van der Waals surface area contributed by atoms with Crippen molar-refractivity contribution in [2.45, 2.75) is 20.0 Å². The van der Waals surface area contributed by atoms with E-state index in [1.54, 1.807) is 12.1 Å². The fraction of sp³-hybridized carbons (Fsp3) is 0.294. The number of rotatable bonds is 4. The molecular weight excluding hydrogens is 268 g/mol. The first-order valence-electron chi connectivity index (χ1n) is 6.92.